The second-order valence-electron chi connectivity index (χ2n) is 5.59. The molecule has 3 rings (SSSR count). The van der Waals surface area contributed by atoms with Gasteiger partial charge in [-0.1, -0.05) is 5.16 Å². The number of aromatic nitrogens is 1. The van der Waals surface area contributed by atoms with E-state index in [2.05, 4.69) is 34.4 Å². The van der Waals surface area contributed by atoms with Crippen LogP contribution in [0.25, 0.3) is 0 Å². The van der Waals surface area contributed by atoms with E-state index < -0.39 is 0 Å². The van der Waals surface area contributed by atoms with Crippen molar-refractivity contribution < 1.29 is 14.1 Å². The highest BCUT2D eigenvalue weighted by molar-refractivity contribution is 7.11. The van der Waals surface area contributed by atoms with Gasteiger partial charge in [-0.2, -0.15) is 0 Å². The maximum atomic E-state index is 12.1. The summed E-state index contributed by atoms with van der Waals surface area (Å²) in [6.07, 6.45) is 0.836. The SMILES string of the molecule is Cc1ccc(CCNC(=O)c2cc(CN3CCOCC3)on2)s1. The van der Waals surface area contributed by atoms with Gasteiger partial charge in [0.05, 0.1) is 19.8 Å². The molecule has 0 unspecified atom stereocenters. The number of hydrogen-bond donors (Lipinski definition) is 1. The summed E-state index contributed by atoms with van der Waals surface area (Å²) in [4.78, 5) is 16.9. The maximum Gasteiger partial charge on any atom is 0.273 e. The zero-order valence-corrected chi connectivity index (χ0v) is 14.0. The first-order valence-corrected chi connectivity index (χ1v) is 8.61. The van der Waals surface area contributed by atoms with Gasteiger partial charge in [-0.15, -0.1) is 11.3 Å². The van der Waals surface area contributed by atoms with Crippen molar-refractivity contribution in [2.45, 2.75) is 19.9 Å². The molecule has 1 amide bonds. The Bertz CT molecular complexity index is 647. The predicted molar refractivity (Wildman–Crippen MR) is 87.7 cm³/mol. The summed E-state index contributed by atoms with van der Waals surface area (Å²) in [7, 11) is 0. The average Bonchev–Trinajstić information content (AvgIpc) is 3.18. The number of rotatable bonds is 6. The summed E-state index contributed by atoms with van der Waals surface area (Å²) < 4.78 is 10.6. The lowest BCUT2D eigenvalue weighted by molar-refractivity contribution is 0.0305. The number of thiophene rings is 1. The first-order chi connectivity index (χ1) is 11.2. The zero-order valence-electron chi connectivity index (χ0n) is 13.2. The minimum Gasteiger partial charge on any atom is -0.379 e. The van der Waals surface area contributed by atoms with Crippen LogP contribution in [-0.2, 0) is 17.7 Å². The molecular weight excluding hydrogens is 314 g/mol. The van der Waals surface area contributed by atoms with E-state index >= 15 is 0 Å². The Hall–Kier alpha value is -1.70. The number of hydrogen-bond acceptors (Lipinski definition) is 6. The van der Waals surface area contributed by atoms with Crippen molar-refractivity contribution in [2.75, 3.05) is 32.8 Å². The van der Waals surface area contributed by atoms with Crippen LogP contribution >= 0.6 is 11.3 Å². The Morgan fingerprint density at radius 2 is 2.22 bits per heavy atom. The fourth-order valence-electron chi connectivity index (χ4n) is 2.48. The maximum absolute atomic E-state index is 12.1. The summed E-state index contributed by atoms with van der Waals surface area (Å²) in [6, 6.07) is 5.92. The van der Waals surface area contributed by atoms with Crippen LogP contribution in [0, 0.1) is 6.92 Å². The summed E-state index contributed by atoms with van der Waals surface area (Å²) in [5.74, 6) is 0.529. The largest absolute Gasteiger partial charge is 0.379 e. The number of nitrogens with one attached hydrogen (secondary N) is 1. The smallest absolute Gasteiger partial charge is 0.273 e. The molecule has 0 saturated carbocycles. The third-order valence-electron chi connectivity index (χ3n) is 3.73. The number of nitrogens with zero attached hydrogens (tertiary/aromatic N) is 2. The third kappa shape index (κ3) is 4.63. The van der Waals surface area contributed by atoms with Gasteiger partial charge in [0.1, 0.15) is 0 Å². The molecular formula is C16H21N3O3S. The molecule has 0 spiro atoms. The van der Waals surface area contributed by atoms with E-state index in [4.69, 9.17) is 9.26 Å². The van der Waals surface area contributed by atoms with Crippen molar-refractivity contribution in [3.63, 3.8) is 0 Å². The number of aryl methyl sites for hydroxylation is 1. The quantitative estimate of drug-likeness (QED) is 0.872. The Morgan fingerprint density at radius 1 is 1.39 bits per heavy atom. The van der Waals surface area contributed by atoms with E-state index in [0.29, 0.717) is 24.5 Å². The highest BCUT2D eigenvalue weighted by atomic mass is 32.1. The van der Waals surface area contributed by atoms with Crippen molar-refractivity contribution in [2.24, 2.45) is 0 Å². The molecule has 23 heavy (non-hydrogen) atoms. The van der Waals surface area contributed by atoms with Crippen LogP contribution in [0.1, 0.15) is 26.0 Å². The van der Waals surface area contributed by atoms with E-state index in [1.54, 1.807) is 17.4 Å². The van der Waals surface area contributed by atoms with E-state index in [1.165, 1.54) is 9.75 Å². The molecule has 1 N–H and O–H groups in total. The van der Waals surface area contributed by atoms with Gasteiger partial charge < -0.3 is 14.6 Å². The topological polar surface area (TPSA) is 67.6 Å². The molecule has 1 fully saturated rings. The monoisotopic (exact) mass is 335 g/mol. The highest BCUT2D eigenvalue weighted by Crippen LogP contribution is 2.15. The molecule has 2 aromatic rings. The summed E-state index contributed by atoms with van der Waals surface area (Å²) in [5.41, 5.74) is 0.343. The van der Waals surface area contributed by atoms with Crippen LogP contribution < -0.4 is 5.32 Å². The van der Waals surface area contributed by atoms with Gasteiger partial charge >= 0.3 is 0 Å². The van der Waals surface area contributed by atoms with Crippen molar-refractivity contribution >= 4 is 17.2 Å². The molecule has 0 atom stereocenters. The molecule has 1 aliphatic rings. The Kier molecular flexibility index (Phi) is 5.43. The summed E-state index contributed by atoms with van der Waals surface area (Å²) in [5, 5.41) is 6.75. The van der Waals surface area contributed by atoms with E-state index in [0.717, 1.165) is 32.7 Å². The van der Waals surface area contributed by atoms with Crippen LogP contribution in [0.2, 0.25) is 0 Å². The van der Waals surface area contributed by atoms with Crippen LogP contribution in [-0.4, -0.2) is 48.8 Å². The molecule has 1 aliphatic heterocycles. The first kappa shape index (κ1) is 16.2. The lowest BCUT2D eigenvalue weighted by Crippen LogP contribution is -2.35. The van der Waals surface area contributed by atoms with Gasteiger partial charge in [0, 0.05) is 35.5 Å². The number of carbonyl (C=O) groups excluding carboxylic acids is 1. The summed E-state index contributed by atoms with van der Waals surface area (Å²) >= 11 is 1.76. The number of carbonyl (C=O) groups is 1. The van der Waals surface area contributed by atoms with Crippen molar-refractivity contribution in [1.82, 2.24) is 15.4 Å². The molecule has 0 bridgehead atoms. The summed E-state index contributed by atoms with van der Waals surface area (Å²) in [6.45, 7) is 6.58. The van der Waals surface area contributed by atoms with E-state index in [1.807, 2.05) is 0 Å². The fraction of sp³-hybridized carbons (Fsp3) is 0.500. The lowest BCUT2D eigenvalue weighted by Gasteiger charge is -2.25. The highest BCUT2D eigenvalue weighted by Gasteiger charge is 2.16. The van der Waals surface area contributed by atoms with Gasteiger partial charge in [-0.3, -0.25) is 9.69 Å². The van der Waals surface area contributed by atoms with E-state index in [9.17, 15) is 4.79 Å². The Labute approximate surface area is 139 Å². The minimum atomic E-state index is -0.185. The first-order valence-electron chi connectivity index (χ1n) is 7.80. The van der Waals surface area contributed by atoms with Crippen LogP contribution in [0.15, 0.2) is 22.7 Å². The number of amides is 1. The Balaban J connectivity index is 1.45. The number of morpholine rings is 1. The van der Waals surface area contributed by atoms with Crippen molar-refractivity contribution in [3.05, 3.63) is 39.4 Å². The number of ether oxygens (including phenoxy) is 1. The van der Waals surface area contributed by atoms with Crippen LogP contribution in [0.5, 0.6) is 0 Å². The zero-order chi connectivity index (χ0) is 16.1. The van der Waals surface area contributed by atoms with Crippen molar-refractivity contribution in [1.29, 1.82) is 0 Å². The molecule has 0 aromatic carbocycles. The van der Waals surface area contributed by atoms with Gasteiger partial charge in [0.2, 0.25) is 0 Å². The Morgan fingerprint density at radius 3 is 2.96 bits per heavy atom. The second kappa shape index (κ2) is 7.72. The van der Waals surface area contributed by atoms with Gasteiger partial charge in [-0.05, 0) is 25.5 Å². The lowest BCUT2D eigenvalue weighted by atomic mass is 10.3. The normalized spacial score (nSPS) is 15.7. The van der Waals surface area contributed by atoms with Gasteiger partial charge in [0.15, 0.2) is 11.5 Å². The molecule has 1 saturated heterocycles. The predicted octanol–water partition coefficient (Wildman–Crippen LogP) is 1.85. The molecule has 6 nitrogen and oxygen atoms in total. The van der Waals surface area contributed by atoms with Crippen LogP contribution in [0.3, 0.4) is 0 Å². The minimum absolute atomic E-state index is 0.185. The molecule has 0 radical (unpaired) electrons. The molecule has 3 heterocycles. The standard InChI is InChI=1S/C16H21N3O3S/c1-12-2-3-14(23-12)4-5-17-16(20)15-10-13(22-18-15)11-19-6-8-21-9-7-19/h2-3,10H,4-9,11H2,1H3,(H,17,20). The second-order valence-corrected chi connectivity index (χ2v) is 6.96. The van der Waals surface area contributed by atoms with Gasteiger partial charge in [-0.25, -0.2) is 0 Å². The molecule has 0 aliphatic carbocycles. The van der Waals surface area contributed by atoms with Crippen LogP contribution in [0.4, 0.5) is 0 Å². The third-order valence-corrected chi connectivity index (χ3v) is 4.79. The fourth-order valence-corrected chi connectivity index (χ4v) is 3.37. The average molecular weight is 335 g/mol. The molecule has 2 aromatic heterocycles. The molecule has 124 valence electrons. The molecule has 7 heteroatoms. The van der Waals surface area contributed by atoms with Crippen molar-refractivity contribution in [3.8, 4) is 0 Å². The van der Waals surface area contributed by atoms with Gasteiger partial charge in [0.25, 0.3) is 5.91 Å². The van der Waals surface area contributed by atoms with E-state index in [-0.39, 0.29) is 5.91 Å².